The van der Waals surface area contributed by atoms with Crippen LogP contribution in [0.2, 0.25) is 0 Å². The van der Waals surface area contributed by atoms with Crippen LogP contribution in [0, 0.1) is 24.2 Å². The van der Waals surface area contributed by atoms with E-state index in [1.54, 1.807) is 6.20 Å². The summed E-state index contributed by atoms with van der Waals surface area (Å²) in [6, 6.07) is 14.8. The van der Waals surface area contributed by atoms with E-state index < -0.39 is 0 Å². The summed E-state index contributed by atoms with van der Waals surface area (Å²) in [6.07, 6.45) is 8.66. The van der Waals surface area contributed by atoms with E-state index in [-0.39, 0.29) is 16.7 Å². The lowest BCUT2D eigenvalue weighted by Gasteiger charge is -2.61. The number of nitrogens with one attached hydrogen (secondary N) is 1. The van der Waals surface area contributed by atoms with Crippen molar-refractivity contribution in [3.63, 3.8) is 0 Å². The van der Waals surface area contributed by atoms with E-state index in [0.717, 1.165) is 19.3 Å². The largest absolute Gasteiger partial charge is 0.310 e. The molecule has 4 fully saturated rings. The van der Waals surface area contributed by atoms with Crippen LogP contribution >= 0.6 is 0 Å². The number of anilines is 1. The Morgan fingerprint density at radius 2 is 1.77 bits per heavy atom. The van der Waals surface area contributed by atoms with Crippen molar-refractivity contribution in [3.8, 4) is 0 Å². The van der Waals surface area contributed by atoms with Gasteiger partial charge in [0.05, 0.1) is 5.41 Å². The molecule has 6 rings (SSSR count). The summed E-state index contributed by atoms with van der Waals surface area (Å²) in [6.45, 7) is 2.14. The summed E-state index contributed by atoms with van der Waals surface area (Å²) < 4.78 is 0. The van der Waals surface area contributed by atoms with Gasteiger partial charge in [0.25, 0.3) is 0 Å². The minimum Gasteiger partial charge on any atom is -0.310 e. The highest BCUT2D eigenvalue weighted by atomic mass is 16.2. The summed E-state index contributed by atoms with van der Waals surface area (Å²) in [5.41, 5.74) is 2.74. The number of hydrogen-bond acceptors (Lipinski definition) is 2. The SMILES string of the molecule is Cc1ccc(C23C[C@@H]4C[C@H](CC(C(=O)Nc5ccccn5)(C4)C2)C3)cc1. The van der Waals surface area contributed by atoms with Gasteiger partial charge in [0.1, 0.15) is 5.82 Å². The van der Waals surface area contributed by atoms with Gasteiger partial charge in [0.2, 0.25) is 5.91 Å². The number of rotatable bonds is 3. The zero-order valence-corrected chi connectivity index (χ0v) is 15.4. The van der Waals surface area contributed by atoms with Crippen molar-refractivity contribution < 1.29 is 4.79 Å². The first-order chi connectivity index (χ1) is 12.6. The molecule has 0 unspecified atom stereocenters. The first-order valence-corrected chi connectivity index (χ1v) is 9.87. The maximum Gasteiger partial charge on any atom is 0.231 e. The molecule has 2 atom stereocenters. The van der Waals surface area contributed by atoms with Crippen LogP contribution in [-0.2, 0) is 10.2 Å². The molecule has 4 aliphatic carbocycles. The average Bonchev–Trinajstić information content (AvgIpc) is 2.62. The highest BCUT2D eigenvalue weighted by Gasteiger charge is 2.60. The second kappa shape index (κ2) is 5.67. The van der Waals surface area contributed by atoms with E-state index in [1.165, 1.54) is 30.4 Å². The Bertz CT molecular complexity index is 813. The molecule has 4 aliphatic rings. The molecular weight excluding hydrogens is 320 g/mol. The first kappa shape index (κ1) is 16.0. The number of amides is 1. The van der Waals surface area contributed by atoms with E-state index >= 15 is 0 Å². The van der Waals surface area contributed by atoms with Gasteiger partial charge in [-0.2, -0.15) is 0 Å². The topological polar surface area (TPSA) is 42.0 Å². The van der Waals surface area contributed by atoms with Crippen molar-refractivity contribution in [2.45, 2.75) is 50.9 Å². The Hall–Kier alpha value is -2.16. The van der Waals surface area contributed by atoms with Gasteiger partial charge in [0, 0.05) is 6.20 Å². The van der Waals surface area contributed by atoms with Gasteiger partial charge in [-0.05, 0) is 80.4 Å². The maximum absolute atomic E-state index is 13.3. The second-order valence-corrected chi connectivity index (χ2v) is 9.06. The highest BCUT2D eigenvalue weighted by molar-refractivity contribution is 5.95. The zero-order valence-electron chi connectivity index (χ0n) is 15.4. The predicted molar refractivity (Wildman–Crippen MR) is 103 cm³/mol. The van der Waals surface area contributed by atoms with Crippen LogP contribution in [0.25, 0.3) is 0 Å². The second-order valence-electron chi connectivity index (χ2n) is 9.06. The molecule has 0 saturated heterocycles. The van der Waals surface area contributed by atoms with Crippen LogP contribution in [0.15, 0.2) is 48.7 Å². The first-order valence-electron chi connectivity index (χ1n) is 9.87. The third kappa shape index (κ3) is 2.48. The molecular formula is C23H26N2O. The fourth-order valence-corrected chi connectivity index (χ4v) is 6.46. The van der Waals surface area contributed by atoms with Crippen molar-refractivity contribution in [2.75, 3.05) is 5.32 Å². The van der Waals surface area contributed by atoms with Gasteiger partial charge in [0.15, 0.2) is 0 Å². The van der Waals surface area contributed by atoms with Gasteiger partial charge in [-0.3, -0.25) is 4.79 Å². The quantitative estimate of drug-likeness (QED) is 0.862. The molecule has 0 aliphatic heterocycles. The van der Waals surface area contributed by atoms with Crippen LogP contribution in [0.4, 0.5) is 5.82 Å². The Morgan fingerprint density at radius 1 is 1.04 bits per heavy atom. The maximum atomic E-state index is 13.3. The normalized spacial score (nSPS) is 34.7. The van der Waals surface area contributed by atoms with Gasteiger partial charge < -0.3 is 5.32 Å². The van der Waals surface area contributed by atoms with Crippen LogP contribution in [0.5, 0.6) is 0 Å². The lowest BCUT2D eigenvalue weighted by atomic mass is 9.42. The van der Waals surface area contributed by atoms with Crippen LogP contribution in [-0.4, -0.2) is 10.9 Å². The predicted octanol–water partition coefficient (Wildman–Crippen LogP) is 4.87. The Balaban J connectivity index is 1.48. The Morgan fingerprint density at radius 3 is 2.42 bits per heavy atom. The number of nitrogens with zero attached hydrogens (tertiary/aromatic N) is 1. The van der Waals surface area contributed by atoms with Gasteiger partial charge in [-0.15, -0.1) is 0 Å². The van der Waals surface area contributed by atoms with E-state index in [4.69, 9.17) is 0 Å². The third-order valence-electron chi connectivity index (χ3n) is 7.11. The lowest BCUT2D eigenvalue weighted by Crippen LogP contribution is -2.58. The smallest absolute Gasteiger partial charge is 0.231 e. The number of aromatic nitrogens is 1. The van der Waals surface area contributed by atoms with Crippen molar-refractivity contribution in [1.29, 1.82) is 0 Å². The van der Waals surface area contributed by atoms with Crippen LogP contribution in [0.1, 0.15) is 49.7 Å². The highest BCUT2D eigenvalue weighted by Crippen LogP contribution is 2.65. The molecule has 2 aromatic rings. The molecule has 3 heteroatoms. The summed E-state index contributed by atoms with van der Waals surface area (Å²) in [5.74, 6) is 2.25. The van der Waals surface area contributed by atoms with Gasteiger partial charge in [-0.25, -0.2) is 4.98 Å². The molecule has 4 bridgehead atoms. The van der Waals surface area contributed by atoms with E-state index in [1.807, 2.05) is 18.2 Å². The fraction of sp³-hybridized carbons (Fsp3) is 0.478. The number of carbonyl (C=O) groups is 1. The molecule has 3 nitrogen and oxygen atoms in total. The lowest BCUT2D eigenvalue weighted by molar-refractivity contribution is -0.143. The molecule has 1 N–H and O–H groups in total. The average molecular weight is 346 g/mol. The van der Waals surface area contributed by atoms with Crippen molar-refractivity contribution in [2.24, 2.45) is 17.3 Å². The van der Waals surface area contributed by atoms with E-state index in [2.05, 4.69) is 41.5 Å². The number of carbonyl (C=O) groups excluding carboxylic acids is 1. The molecule has 26 heavy (non-hydrogen) atoms. The number of pyridine rings is 1. The standard InChI is InChI=1S/C23H26N2O/c1-16-5-7-19(8-6-16)22-11-17-10-18(12-22)14-23(13-17,15-22)21(26)25-20-4-2-3-9-24-20/h2-9,17-18H,10-15H2,1H3,(H,24,25,26)/t17-,18-,22?,23?/m0/s1. The molecule has 1 heterocycles. The van der Waals surface area contributed by atoms with E-state index in [9.17, 15) is 4.79 Å². The van der Waals surface area contributed by atoms with Crippen LogP contribution in [0.3, 0.4) is 0 Å². The van der Waals surface area contributed by atoms with E-state index in [0.29, 0.717) is 17.7 Å². The van der Waals surface area contributed by atoms with Gasteiger partial charge in [-0.1, -0.05) is 35.9 Å². The molecule has 0 spiro atoms. The summed E-state index contributed by atoms with van der Waals surface area (Å²) in [7, 11) is 0. The molecule has 1 aromatic heterocycles. The summed E-state index contributed by atoms with van der Waals surface area (Å²) in [5, 5.41) is 3.13. The zero-order chi connectivity index (χ0) is 17.8. The minimum absolute atomic E-state index is 0.194. The Labute approximate surface area is 155 Å². The number of aryl methyl sites for hydroxylation is 1. The molecule has 1 amide bonds. The number of hydrogen-bond donors (Lipinski definition) is 1. The minimum atomic E-state index is -0.216. The van der Waals surface area contributed by atoms with Gasteiger partial charge >= 0.3 is 0 Å². The van der Waals surface area contributed by atoms with Crippen molar-refractivity contribution in [3.05, 3.63) is 59.8 Å². The number of benzene rings is 1. The monoisotopic (exact) mass is 346 g/mol. The van der Waals surface area contributed by atoms with Crippen LogP contribution < -0.4 is 5.32 Å². The summed E-state index contributed by atoms with van der Waals surface area (Å²) in [4.78, 5) is 17.6. The van der Waals surface area contributed by atoms with Crippen molar-refractivity contribution >= 4 is 11.7 Å². The summed E-state index contributed by atoms with van der Waals surface area (Å²) >= 11 is 0. The Kier molecular flexibility index (Phi) is 3.50. The molecule has 134 valence electrons. The molecule has 4 saturated carbocycles. The van der Waals surface area contributed by atoms with Crippen molar-refractivity contribution in [1.82, 2.24) is 4.98 Å². The molecule has 0 radical (unpaired) electrons. The third-order valence-corrected chi connectivity index (χ3v) is 7.11. The fourth-order valence-electron chi connectivity index (χ4n) is 6.46. The molecule has 1 aromatic carbocycles.